The first kappa shape index (κ1) is 27.4. The van der Waals surface area contributed by atoms with Crippen LogP contribution in [0.4, 0.5) is 18.0 Å². The highest BCUT2D eigenvalue weighted by atomic mass is 19.4. The summed E-state index contributed by atoms with van der Waals surface area (Å²) in [6, 6.07) is 5.54. The first-order valence-corrected chi connectivity index (χ1v) is 12.2. The van der Waals surface area contributed by atoms with Crippen molar-refractivity contribution >= 4 is 23.0 Å². The lowest BCUT2D eigenvalue weighted by Crippen LogP contribution is -2.42. The number of benzene rings is 1. The molecule has 1 aliphatic heterocycles. The number of imidazole rings is 1. The molecular weight excluding hydrogens is 507 g/mol. The lowest BCUT2D eigenvalue weighted by atomic mass is 10.1. The van der Waals surface area contributed by atoms with Gasteiger partial charge in [-0.05, 0) is 49.5 Å². The minimum atomic E-state index is -4.42. The molecule has 2 aliphatic rings. The third-order valence-electron chi connectivity index (χ3n) is 6.32. The Hall–Kier alpha value is -3.68. The Labute approximate surface area is 216 Å². The molecule has 3 aromatic rings. The van der Waals surface area contributed by atoms with Crippen LogP contribution in [0.3, 0.4) is 0 Å². The molecule has 0 atom stereocenters. The van der Waals surface area contributed by atoms with E-state index >= 15 is 0 Å². The molecule has 1 aliphatic carbocycles. The van der Waals surface area contributed by atoms with Crippen LogP contribution in [-0.2, 0) is 17.7 Å². The second-order valence-electron chi connectivity index (χ2n) is 9.65. The number of urea groups is 1. The number of rotatable bonds is 8. The third-order valence-corrected chi connectivity index (χ3v) is 6.32. The second-order valence-corrected chi connectivity index (χ2v) is 9.65. The first-order valence-electron chi connectivity index (χ1n) is 12.2. The number of aromatic amines is 1. The molecule has 38 heavy (non-hydrogen) atoms. The number of carbonyl (C=O) groups is 2. The van der Waals surface area contributed by atoms with Gasteiger partial charge in [-0.3, -0.25) is 4.79 Å². The average Bonchev–Trinajstić information content (AvgIpc) is 3.23. The topological polar surface area (TPSA) is 138 Å². The number of fused-ring (bicyclic) bond motifs is 1. The molecule has 1 saturated heterocycles. The van der Waals surface area contributed by atoms with Crippen LogP contribution in [0.15, 0.2) is 22.8 Å². The maximum atomic E-state index is 12.8. The van der Waals surface area contributed by atoms with Gasteiger partial charge in [0.15, 0.2) is 11.3 Å². The molecule has 2 aromatic heterocycles. The van der Waals surface area contributed by atoms with E-state index < -0.39 is 11.8 Å². The van der Waals surface area contributed by atoms with Crippen molar-refractivity contribution in [3.8, 4) is 0 Å². The summed E-state index contributed by atoms with van der Waals surface area (Å²) in [5.41, 5.74) is 1.31. The standard InChI is InChI=1S/C17H21F3N4O2.C7H9N3O2/c1-16(2,17(18,19)20)26-8-5-14-22-12-4-3-11(9-13(12)23-14)10-24-7-6-21-15(24)25;1-8-7(11)6-5(4-2-3-4)9-12-10-6/h3-4,9H,5-8,10H2,1-2H3,(H,21,25)(H,22,23);4H,2-3H2,1H3,(H,8,11). The van der Waals surface area contributed by atoms with E-state index in [0.29, 0.717) is 42.8 Å². The van der Waals surface area contributed by atoms with Gasteiger partial charge in [-0.2, -0.15) is 13.2 Å². The number of ether oxygens (including phenoxy) is 1. The van der Waals surface area contributed by atoms with E-state index in [2.05, 4.69) is 35.5 Å². The smallest absolute Gasteiger partial charge is 0.366 e. The normalized spacial score (nSPS) is 15.8. The van der Waals surface area contributed by atoms with Gasteiger partial charge in [0, 0.05) is 39.0 Å². The predicted molar refractivity (Wildman–Crippen MR) is 129 cm³/mol. The summed E-state index contributed by atoms with van der Waals surface area (Å²) in [4.78, 5) is 32.0. The van der Waals surface area contributed by atoms with E-state index in [0.717, 1.165) is 43.3 Å². The summed E-state index contributed by atoms with van der Waals surface area (Å²) >= 11 is 0. The Kier molecular flexibility index (Phi) is 7.90. The number of carbonyl (C=O) groups excluding carboxylic acids is 2. The van der Waals surface area contributed by atoms with Crippen molar-refractivity contribution in [3.05, 3.63) is 41.0 Å². The predicted octanol–water partition coefficient (Wildman–Crippen LogP) is 3.29. The summed E-state index contributed by atoms with van der Waals surface area (Å²) in [6.45, 7) is 3.73. The Bertz CT molecular complexity index is 1280. The Morgan fingerprint density at radius 3 is 2.66 bits per heavy atom. The van der Waals surface area contributed by atoms with Gasteiger partial charge in [0.05, 0.1) is 17.6 Å². The molecule has 3 heterocycles. The first-order chi connectivity index (χ1) is 18.0. The van der Waals surface area contributed by atoms with Gasteiger partial charge < -0.3 is 25.3 Å². The zero-order valence-corrected chi connectivity index (χ0v) is 21.3. The van der Waals surface area contributed by atoms with Gasteiger partial charge >= 0.3 is 12.2 Å². The highest BCUT2D eigenvalue weighted by Crippen LogP contribution is 2.40. The molecule has 1 aromatic carbocycles. The van der Waals surface area contributed by atoms with Crippen molar-refractivity contribution in [1.82, 2.24) is 35.8 Å². The van der Waals surface area contributed by atoms with Crippen LogP contribution < -0.4 is 10.6 Å². The summed E-state index contributed by atoms with van der Waals surface area (Å²) in [6.07, 6.45) is -2.01. The van der Waals surface area contributed by atoms with Gasteiger partial charge in [0.2, 0.25) is 0 Å². The van der Waals surface area contributed by atoms with Crippen LogP contribution in [0.25, 0.3) is 11.0 Å². The summed E-state index contributed by atoms with van der Waals surface area (Å²) < 4.78 is 47.8. The van der Waals surface area contributed by atoms with Crippen LogP contribution in [0.2, 0.25) is 0 Å². The van der Waals surface area contributed by atoms with Crippen molar-refractivity contribution < 1.29 is 32.1 Å². The van der Waals surface area contributed by atoms with Gasteiger partial charge in [0.1, 0.15) is 11.5 Å². The van der Waals surface area contributed by atoms with Crippen LogP contribution in [-0.4, -0.2) is 75.6 Å². The fourth-order valence-electron chi connectivity index (χ4n) is 3.79. The second kappa shape index (κ2) is 11.0. The number of nitrogens with one attached hydrogen (secondary N) is 3. The molecule has 1 saturated carbocycles. The lowest BCUT2D eigenvalue weighted by molar-refractivity contribution is -0.263. The van der Waals surface area contributed by atoms with Gasteiger partial charge in [0.25, 0.3) is 5.91 Å². The maximum Gasteiger partial charge on any atom is 0.416 e. The largest absolute Gasteiger partial charge is 0.416 e. The number of halogens is 3. The molecule has 0 radical (unpaired) electrons. The highest BCUT2D eigenvalue weighted by Gasteiger charge is 2.48. The zero-order chi connectivity index (χ0) is 27.5. The number of H-pyrrole nitrogens is 1. The Balaban J connectivity index is 0.000000232. The zero-order valence-electron chi connectivity index (χ0n) is 21.3. The van der Waals surface area contributed by atoms with Crippen LogP contribution in [0.5, 0.6) is 0 Å². The average molecular weight is 538 g/mol. The van der Waals surface area contributed by atoms with Crippen molar-refractivity contribution in [2.75, 3.05) is 26.7 Å². The van der Waals surface area contributed by atoms with E-state index in [9.17, 15) is 22.8 Å². The molecule has 5 rings (SSSR count). The molecule has 2 fully saturated rings. The highest BCUT2D eigenvalue weighted by molar-refractivity contribution is 5.93. The molecule has 3 amide bonds. The third kappa shape index (κ3) is 6.41. The van der Waals surface area contributed by atoms with Crippen LogP contribution >= 0.6 is 0 Å². The number of hydrogen-bond acceptors (Lipinski definition) is 7. The van der Waals surface area contributed by atoms with Crippen molar-refractivity contribution in [3.63, 3.8) is 0 Å². The monoisotopic (exact) mass is 537 g/mol. The van der Waals surface area contributed by atoms with Gasteiger partial charge in [-0.15, -0.1) is 0 Å². The van der Waals surface area contributed by atoms with E-state index in [-0.39, 0.29) is 25.0 Å². The van der Waals surface area contributed by atoms with E-state index in [1.54, 1.807) is 11.9 Å². The van der Waals surface area contributed by atoms with E-state index in [4.69, 9.17) is 4.74 Å². The minimum absolute atomic E-state index is 0.0835. The van der Waals surface area contributed by atoms with Crippen molar-refractivity contribution in [1.29, 1.82) is 0 Å². The summed E-state index contributed by atoms with van der Waals surface area (Å²) in [5, 5.41) is 12.5. The summed E-state index contributed by atoms with van der Waals surface area (Å²) in [7, 11) is 1.56. The molecule has 0 spiro atoms. The Morgan fingerprint density at radius 2 is 2.03 bits per heavy atom. The number of nitrogens with zero attached hydrogens (tertiary/aromatic N) is 4. The number of hydrogen-bond donors (Lipinski definition) is 3. The van der Waals surface area contributed by atoms with E-state index in [1.165, 1.54) is 0 Å². The van der Waals surface area contributed by atoms with Crippen molar-refractivity contribution in [2.45, 2.75) is 57.3 Å². The Morgan fingerprint density at radius 1 is 1.26 bits per heavy atom. The molecule has 0 unspecified atom stereocenters. The minimum Gasteiger partial charge on any atom is -0.366 e. The fourth-order valence-corrected chi connectivity index (χ4v) is 3.79. The molecular formula is C24H30F3N7O4. The molecule has 206 valence electrons. The fraction of sp³-hybridized carbons (Fsp3) is 0.542. The SMILES string of the molecule is CC(C)(OCCc1nc2ccc(CN3CCNC3=O)cc2[nH]1)C(F)(F)F.CNC(=O)c1nonc1C1CC1. The molecule has 0 bridgehead atoms. The molecule has 11 nitrogen and oxygen atoms in total. The summed E-state index contributed by atoms with van der Waals surface area (Å²) in [5.74, 6) is 0.732. The number of aromatic nitrogens is 4. The van der Waals surface area contributed by atoms with Crippen LogP contribution in [0.1, 0.15) is 60.2 Å². The molecule has 14 heteroatoms. The number of alkyl halides is 3. The van der Waals surface area contributed by atoms with Gasteiger partial charge in [-0.1, -0.05) is 11.2 Å². The van der Waals surface area contributed by atoms with Gasteiger partial charge in [-0.25, -0.2) is 14.4 Å². The maximum absolute atomic E-state index is 12.8. The van der Waals surface area contributed by atoms with E-state index in [1.807, 2.05) is 18.2 Å². The molecule has 3 N–H and O–H groups in total. The number of amides is 3. The van der Waals surface area contributed by atoms with Crippen LogP contribution in [0, 0.1) is 0 Å². The lowest BCUT2D eigenvalue weighted by Gasteiger charge is -2.27. The van der Waals surface area contributed by atoms with Crippen molar-refractivity contribution in [2.24, 2.45) is 0 Å². The quantitative estimate of drug-likeness (QED) is 0.401.